The molecule has 0 radical (unpaired) electrons. The summed E-state index contributed by atoms with van der Waals surface area (Å²) in [6.07, 6.45) is 5.60. The maximum atomic E-state index is 12.6. The van der Waals surface area contributed by atoms with Crippen LogP contribution >= 0.6 is 0 Å². The lowest BCUT2D eigenvalue weighted by molar-refractivity contribution is -0.144. The Bertz CT molecular complexity index is 337. The van der Waals surface area contributed by atoms with Crippen molar-refractivity contribution in [2.45, 2.75) is 38.5 Å². The van der Waals surface area contributed by atoms with Gasteiger partial charge in [0, 0.05) is 19.6 Å². The molecule has 2 rings (SSSR count). The van der Waals surface area contributed by atoms with E-state index in [-0.39, 0.29) is 23.1 Å². The van der Waals surface area contributed by atoms with Crippen molar-refractivity contribution in [3.05, 3.63) is 0 Å². The van der Waals surface area contributed by atoms with E-state index in [1.165, 1.54) is 0 Å². The highest BCUT2D eigenvalue weighted by Crippen LogP contribution is 2.39. The standard InChI is InChI=1S/C13H23N3O2/c14-9-13(5-1-2-6-13)12(18)16-7-3-4-10(8-16)11(15)17/h10H,1-9,14H2,(H2,15,17). The van der Waals surface area contributed by atoms with Crippen LogP contribution in [0.2, 0.25) is 0 Å². The molecule has 1 unspecified atom stereocenters. The molecule has 102 valence electrons. The van der Waals surface area contributed by atoms with Crippen molar-refractivity contribution in [1.82, 2.24) is 4.90 Å². The maximum absolute atomic E-state index is 12.6. The molecule has 1 saturated carbocycles. The number of nitrogens with two attached hydrogens (primary N) is 2. The molecule has 1 aliphatic carbocycles. The number of carbonyl (C=O) groups excluding carboxylic acids is 2. The Balaban J connectivity index is 2.06. The molecule has 0 spiro atoms. The molecule has 2 fully saturated rings. The topological polar surface area (TPSA) is 89.4 Å². The van der Waals surface area contributed by atoms with E-state index in [1.807, 2.05) is 4.90 Å². The van der Waals surface area contributed by atoms with Crippen molar-refractivity contribution in [2.24, 2.45) is 22.8 Å². The van der Waals surface area contributed by atoms with Crippen LogP contribution in [-0.4, -0.2) is 36.3 Å². The zero-order valence-electron chi connectivity index (χ0n) is 10.9. The number of nitrogens with zero attached hydrogens (tertiary/aromatic N) is 1. The Morgan fingerprint density at radius 1 is 1.22 bits per heavy atom. The van der Waals surface area contributed by atoms with Crippen molar-refractivity contribution in [2.75, 3.05) is 19.6 Å². The molecule has 18 heavy (non-hydrogen) atoms. The van der Waals surface area contributed by atoms with Crippen LogP contribution < -0.4 is 11.5 Å². The summed E-state index contributed by atoms with van der Waals surface area (Å²) in [5.74, 6) is -0.326. The van der Waals surface area contributed by atoms with E-state index in [2.05, 4.69) is 0 Å². The average Bonchev–Trinajstić information content (AvgIpc) is 2.88. The van der Waals surface area contributed by atoms with Gasteiger partial charge < -0.3 is 16.4 Å². The summed E-state index contributed by atoms with van der Waals surface area (Å²) >= 11 is 0. The summed E-state index contributed by atoms with van der Waals surface area (Å²) in [5.41, 5.74) is 10.8. The quantitative estimate of drug-likeness (QED) is 0.754. The molecule has 4 N–H and O–H groups in total. The van der Waals surface area contributed by atoms with E-state index < -0.39 is 0 Å². The molecule has 5 nitrogen and oxygen atoms in total. The van der Waals surface area contributed by atoms with Gasteiger partial charge in [-0.05, 0) is 25.7 Å². The summed E-state index contributed by atoms with van der Waals surface area (Å²) in [4.78, 5) is 25.7. The Morgan fingerprint density at radius 3 is 2.44 bits per heavy atom. The predicted octanol–water partition coefficient (Wildman–Crippen LogP) is 0.229. The smallest absolute Gasteiger partial charge is 0.230 e. The van der Waals surface area contributed by atoms with E-state index >= 15 is 0 Å². The lowest BCUT2D eigenvalue weighted by atomic mass is 9.83. The predicted molar refractivity (Wildman–Crippen MR) is 68.5 cm³/mol. The van der Waals surface area contributed by atoms with Crippen LogP contribution in [0.1, 0.15) is 38.5 Å². The van der Waals surface area contributed by atoms with Crippen molar-refractivity contribution in [3.8, 4) is 0 Å². The highest BCUT2D eigenvalue weighted by molar-refractivity contribution is 5.84. The van der Waals surface area contributed by atoms with Gasteiger partial charge in [0.25, 0.3) is 0 Å². The Labute approximate surface area is 108 Å². The second-order valence-corrected chi connectivity index (χ2v) is 5.68. The number of piperidine rings is 1. The van der Waals surface area contributed by atoms with E-state index in [4.69, 9.17) is 11.5 Å². The fraction of sp³-hybridized carbons (Fsp3) is 0.846. The highest BCUT2D eigenvalue weighted by atomic mass is 16.2. The van der Waals surface area contributed by atoms with E-state index in [0.29, 0.717) is 13.1 Å². The molecule has 1 heterocycles. The number of rotatable bonds is 3. The molecule has 0 bridgehead atoms. The maximum Gasteiger partial charge on any atom is 0.230 e. The van der Waals surface area contributed by atoms with E-state index in [0.717, 1.165) is 45.1 Å². The molecule has 2 aliphatic rings. The number of hydrogen-bond donors (Lipinski definition) is 2. The molecule has 1 aliphatic heterocycles. The summed E-state index contributed by atoms with van der Waals surface area (Å²) < 4.78 is 0. The van der Waals surface area contributed by atoms with Gasteiger partial charge in [-0.2, -0.15) is 0 Å². The van der Waals surface area contributed by atoms with Crippen molar-refractivity contribution in [3.63, 3.8) is 0 Å². The summed E-state index contributed by atoms with van der Waals surface area (Å²) in [6, 6.07) is 0. The highest BCUT2D eigenvalue weighted by Gasteiger charge is 2.43. The second-order valence-electron chi connectivity index (χ2n) is 5.68. The average molecular weight is 253 g/mol. The Morgan fingerprint density at radius 2 is 1.89 bits per heavy atom. The van der Waals surface area contributed by atoms with E-state index in [1.54, 1.807) is 0 Å². The van der Waals surface area contributed by atoms with Crippen LogP contribution in [0.3, 0.4) is 0 Å². The van der Waals surface area contributed by atoms with Gasteiger partial charge in [0.2, 0.25) is 11.8 Å². The summed E-state index contributed by atoms with van der Waals surface area (Å²) in [7, 11) is 0. The van der Waals surface area contributed by atoms with Crippen LogP contribution in [0.5, 0.6) is 0 Å². The Hall–Kier alpha value is -1.10. The largest absolute Gasteiger partial charge is 0.369 e. The minimum atomic E-state index is -0.362. The first-order chi connectivity index (χ1) is 8.59. The van der Waals surface area contributed by atoms with Gasteiger partial charge in [0.05, 0.1) is 11.3 Å². The second kappa shape index (κ2) is 5.26. The number of carbonyl (C=O) groups is 2. The lowest BCUT2D eigenvalue weighted by Crippen LogP contribution is -2.51. The zero-order valence-corrected chi connectivity index (χ0v) is 10.9. The zero-order chi connectivity index (χ0) is 13.2. The summed E-state index contributed by atoms with van der Waals surface area (Å²) in [6.45, 7) is 1.64. The third-order valence-corrected chi connectivity index (χ3v) is 4.52. The van der Waals surface area contributed by atoms with Crippen molar-refractivity contribution in [1.29, 1.82) is 0 Å². The van der Waals surface area contributed by atoms with Gasteiger partial charge >= 0.3 is 0 Å². The molecule has 2 amide bonds. The van der Waals surface area contributed by atoms with Crippen molar-refractivity contribution >= 4 is 11.8 Å². The molecule has 0 aromatic rings. The van der Waals surface area contributed by atoms with Gasteiger partial charge in [-0.15, -0.1) is 0 Å². The number of amides is 2. The molecule has 1 atom stereocenters. The Kier molecular flexibility index (Phi) is 3.90. The van der Waals surface area contributed by atoms with Gasteiger partial charge in [-0.25, -0.2) is 0 Å². The minimum absolute atomic E-state index is 0.147. The summed E-state index contributed by atoms with van der Waals surface area (Å²) in [5, 5.41) is 0. The molecule has 0 aromatic carbocycles. The number of primary amides is 1. The van der Waals surface area contributed by atoms with Crippen LogP contribution in [0, 0.1) is 11.3 Å². The first-order valence-electron chi connectivity index (χ1n) is 6.88. The third-order valence-electron chi connectivity index (χ3n) is 4.52. The minimum Gasteiger partial charge on any atom is -0.369 e. The molecule has 0 aromatic heterocycles. The third kappa shape index (κ3) is 2.36. The molecular formula is C13H23N3O2. The fourth-order valence-electron chi connectivity index (χ4n) is 3.29. The van der Waals surface area contributed by atoms with Crippen molar-refractivity contribution < 1.29 is 9.59 Å². The van der Waals surface area contributed by atoms with Gasteiger partial charge in [-0.3, -0.25) is 9.59 Å². The first-order valence-corrected chi connectivity index (χ1v) is 6.88. The van der Waals surface area contributed by atoms with Crippen LogP contribution in [0.25, 0.3) is 0 Å². The van der Waals surface area contributed by atoms with Crippen LogP contribution in [0.4, 0.5) is 0 Å². The van der Waals surface area contributed by atoms with Gasteiger partial charge in [0.1, 0.15) is 0 Å². The van der Waals surface area contributed by atoms with Crippen LogP contribution in [-0.2, 0) is 9.59 Å². The molecule has 5 heteroatoms. The number of likely N-dealkylation sites (tertiary alicyclic amines) is 1. The lowest BCUT2D eigenvalue weighted by Gasteiger charge is -2.37. The normalized spacial score (nSPS) is 27.2. The van der Waals surface area contributed by atoms with E-state index in [9.17, 15) is 9.59 Å². The molecular weight excluding hydrogens is 230 g/mol. The van der Waals surface area contributed by atoms with Gasteiger partial charge in [-0.1, -0.05) is 12.8 Å². The first kappa shape index (κ1) is 13.3. The molecule has 1 saturated heterocycles. The SMILES string of the molecule is NCC1(C(=O)N2CCCC(C(N)=O)C2)CCCC1. The number of hydrogen-bond acceptors (Lipinski definition) is 3. The van der Waals surface area contributed by atoms with Gasteiger partial charge in [0.15, 0.2) is 0 Å². The van der Waals surface area contributed by atoms with Crippen LogP contribution in [0.15, 0.2) is 0 Å². The fourth-order valence-corrected chi connectivity index (χ4v) is 3.29. The monoisotopic (exact) mass is 253 g/mol.